The first kappa shape index (κ1) is 13.9. The van der Waals surface area contributed by atoms with Crippen molar-refractivity contribution < 1.29 is 9.53 Å². The van der Waals surface area contributed by atoms with E-state index in [-0.39, 0.29) is 6.09 Å². The van der Waals surface area contributed by atoms with Crippen LogP contribution in [0.4, 0.5) is 4.79 Å². The van der Waals surface area contributed by atoms with E-state index in [1.54, 1.807) is 0 Å². The van der Waals surface area contributed by atoms with Crippen LogP contribution >= 0.6 is 0 Å². The van der Waals surface area contributed by atoms with Crippen LogP contribution in [0.3, 0.4) is 0 Å². The molecule has 1 amide bonds. The van der Waals surface area contributed by atoms with Crippen LogP contribution < -0.4 is 5.32 Å². The van der Waals surface area contributed by atoms with Crippen LogP contribution in [-0.4, -0.2) is 37.2 Å². The number of aryl methyl sites for hydroxylation is 1. The molecule has 0 aromatic heterocycles. The fourth-order valence-electron chi connectivity index (χ4n) is 2.21. The monoisotopic (exact) mass is 262 g/mol. The number of carbonyl (C=O) groups excluding carboxylic acids is 1. The fraction of sp³-hybridized carbons (Fsp3) is 0.533. The first-order valence-corrected chi connectivity index (χ1v) is 6.92. The molecule has 19 heavy (non-hydrogen) atoms. The Morgan fingerprint density at radius 3 is 2.63 bits per heavy atom. The maximum absolute atomic E-state index is 11.5. The SMILES string of the molecule is Cc1ccc(COC(=O)NCCN2CCCC2)cc1. The molecule has 1 saturated heterocycles. The van der Waals surface area contributed by atoms with Crippen LogP contribution in [-0.2, 0) is 11.3 Å². The third kappa shape index (κ3) is 4.91. The number of benzene rings is 1. The molecule has 1 aromatic rings. The second-order valence-electron chi connectivity index (χ2n) is 5.04. The Kier molecular flexibility index (Phi) is 5.21. The molecule has 1 aromatic carbocycles. The molecule has 1 aliphatic rings. The zero-order valence-corrected chi connectivity index (χ0v) is 11.5. The normalized spacial score (nSPS) is 15.4. The number of carbonyl (C=O) groups is 1. The second-order valence-corrected chi connectivity index (χ2v) is 5.04. The number of alkyl carbamates (subject to hydrolysis) is 1. The van der Waals surface area contributed by atoms with Crippen LogP contribution in [0.25, 0.3) is 0 Å². The first-order valence-electron chi connectivity index (χ1n) is 6.92. The summed E-state index contributed by atoms with van der Waals surface area (Å²) < 4.78 is 5.16. The van der Waals surface area contributed by atoms with E-state index in [9.17, 15) is 4.79 Å². The lowest BCUT2D eigenvalue weighted by atomic mass is 10.2. The van der Waals surface area contributed by atoms with Crippen LogP contribution in [0.1, 0.15) is 24.0 Å². The van der Waals surface area contributed by atoms with Gasteiger partial charge in [0.05, 0.1) is 0 Å². The molecule has 0 saturated carbocycles. The van der Waals surface area contributed by atoms with Gasteiger partial charge in [0.15, 0.2) is 0 Å². The highest BCUT2D eigenvalue weighted by atomic mass is 16.5. The molecule has 0 bridgehead atoms. The molecule has 4 nitrogen and oxygen atoms in total. The number of nitrogens with zero attached hydrogens (tertiary/aromatic N) is 1. The number of ether oxygens (including phenoxy) is 1. The van der Waals surface area contributed by atoms with Crippen molar-refractivity contribution in [2.75, 3.05) is 26.2 Å². The topological polar surface area (TPSA) is 41.6 Å². The number of hydrogen-bond donors (Lipinski definition) is 1. The molecule has 0 spiro atoms. The smallest absolute Gasteiger partial charge is 0.407 e. The van der Waals surface area contributed by atoms with Crippen molar-refractivity contribution in [2.45, 2.75) is 26.4 Å². The maximum Gasteiger partial charge on any atom is 0.407 e. The molecule has 1 fully saturated rings. The predicted molar refractivity (Wildman–Crippen MR) is 75.0 cm³/mol. The quantitative estimate of drug-likeness (QED) is 0.885. The van der Waals surface area contributed by atoms with Gasteiger partial charge in [0.25, 0.3) is 0 Å². The summed E-state index contributed by atoms with van der Waals surface area (Å²) >= 11 is 0. The largest absolute Gasteiger partial charge is 0.445 e. The summed E-state index contributed by atoms with van der Waals surface area (Å²) in [4.78, 5) is 13.9. The summed E-state index contributed by atoms with van der Waals surface area (Å²) in [6.07, 6.45) is 2.22. The average Bonchev–Trinajstić information content (AvgIpc) is 2.91. The highest BCUT2D eigenvalue weighted by Crippen LogP contribution is 2.06. The van der Waals surface area contributed by atoms with E-state index < -0.39 is 0 Å². The summed E-state index contributed by atoms with van der Waals surface area (Å²) in [5.41, 5.74) is 2.22. The minimum Gasteiger partial charge on any atom is -0.445 e. The Morgan fingerprint density at radius 1 is 1.26 bits per heavy atom. The molecular weight excluding hydrogens is 240 g/mol. The highest BCUT2D eigenvalue weighted by molar-refractivity contribution is 5.67. The van der Waals surface area contributed by atoms with Crippen molar-refractivity contribution in [3.63, 3.8) is 0 Å². The van der Waals surface area contributed by atoms with Gasteiger partial charge >= 0.3 is 6.09 Å². The van der Waals surface area contributed by atoms with Crippen LogP contribution in [0.5, 0.6) is 0 Å². The van der Waals surface area contributed by atoms with Crippen LogP contribution in [0.15, 0.2) is 24.3 Å². The number of nitrogens with one attached hydrogen (secondary N) is 1. The Balaban J connectivity index is 1.60. The zero-order chi connectivity index (χ0) is 13.5. The highest BCUT2D eigenvalue weighted by Gasteiger charge is 2.11. The number of rotatable bonds is 5. The number of hydrogen-bond acceptors (Lipinski definition) is 3. The van der Waals surface area contributed by atoms with Crippen molar-refractivity contribution in [2.24, 2.45) is 0 Å². The fourth-order valence-corrected chi connectivity index (χ4v) is 2.21. The van der Waals surface area contributed by atoms with E-state index in [0.717, 1.165) is 25.2 Å². The molecule has 1 heterocycles. The zero-order valence-electron chi connectivity index (χ0n) is 11.5. The van der Waals surface area contributed by atoms with Gasteiger partial charge in [-0.3, -0.25) is 0 Å². The third-order valence-corrected chi connectivity index (χ3v) is 3.39. The van der Waals surface area contributed by atoms with E-state index in [2.05, 4.69) is 10.2 Å². The van der Waals surface area contributed by atoms with Crippen molar-refractivity contribution in [3.8, 4) is 0 Å². The van der Waals surface area contributed by atoms with E-state index >= 15 is 0 Å². The number of likely N-dealkylation sites (tertiary alicyclic amines) is 1. The summed E-state index contributed by atoms with van der Waals surface area (Å²) in [5, 5.41) is 2.79. The molecule has 1 aliphatic heterocycles. The van der Waals surface area contributed by atoms with Crippen LogP contribution in [0.2, 0.25) is 0 Å². The predicted octanol–water partition coefficient (Wildman–Crippen LogP) is 2.32. The Hall–Kier alpha value is -1.55. The average molecular weight is 262 g/mol. The van der Waals surface area contributed by atoms with Gasteiger partial charge in [-0.15, -0.1) is 0 Å². The van der Waals surface area contributed by atoms with E-state index in [1.165, 1.54) is 18.4 Å². The van der Waals surface area contributed by atoms with Crippen molar-refractivity contribution >= 4 is 6.09 Å². The molecule has 1 N–H and O–H groups in total. The lowest BCUT2D eigenvalue weighted by Gasteiger charge is -2.14. The van der Waals surface area contributed by atoms with Crippen molar-refractivity contribution in [1.29, 1.82) is 0 Å². The van der Waals surface area contributed by atoms with Gasteiger partial charge in [-0.05, 0) is 38.4 Å². The summed E-state index contributed by atoms with van der Waals surface area (Å²) in [6.45, 7) is 6.25. The molecule has 0 atom stereocenters. The standard InChI is InChI=1S/C15H22N2O2/c1-13-4-6-14(7-5-13)12-19-15(18)16-8-11-17-9-2-3-10-17/h4-7H,2-3,8-12H2,1H3,(H,16,18). The van der Waals surface area contributed by atoms with E-state index in [0.29, 0.717) is 13.2 Å². The molecular formula is C15H22N2O2. The maximum atomic E-state index is 11.5. The lowest BCUT2D eigenvalue weighted by molar-refractivity contribution is 0.138. The third-order valence-electron chi connectivity index (χ3n) is 3.39. The molecule has 4 heteroatoms. The summed E-state index contributed by atoms with van der Waals surface area (Å²) in [5.74, 6) is 0. The Morgan fingerprint density at radius 2 is 1.95 bits per heavy atom. The van der Waals surface area contributed by atoms with Gasteiger partial charge in [0.1, 0.15) is 6.61 Å². The second kappa shape index (κ2) is 7.14. The van der Waals surface area contributed by atoms with Crippen molar-refractivity contribution in [1.82, 2.24) is 10.2 Å². The molecule has 2 rings (SSSR count). The number of amides is 1. The van der Waals surface area contributed by atoms with Gasteiger partial charge in [-0.1, -0.05) is 29.8 Å². The van der Waals surface area contributed by atoms with Gasteiger partial charge in [0, 0.05) is 13.1 Å². The summed E-state index contributed by atoms with van der Waals surface area (Å²) in [6, 6.07) is 7.99. The summed E-state index contributed by atoms with van der Waals surface area (Å²) in [7, 11) is 0. The van der Waals surface area contributed by atoms with Gasteiger partial charge in [-0.25, -0.2) is 4.79 Å². The van der Waals surface area contributed by atoms with E-state index in [1.807, 2.05) is 31.2 Å². The Bertz CT molecular complexity index is 397. The molecule has 104 valence electrons. The van der Waals surface area contributed by atoms with Gasteiger partial charge in [-0.2, -0.15) is 0 Å². The lowest BCUT2D eigenvalue weighted by Crippen LogP contribution is -2.33. The minimum atomic E-state index is -0.334. The molecule has 0 unspecified atom stereocenters. The molecule has 0 radical (unpaired) electrons. The van der Waals surface area contributed by atoms with Crippen molar-refractivity contribution in [3.05, 3.63) is 35.4 Å². The Labute approximate surface area is 114 Å². The van der Waals surface area contributed by atoms with E-state index in [4.69, 9.17) is 4.74 Å². The van der Waals surface area contributed by atoms with Gasteiger partial charge < -0.3 is 15.0 Å². The minimum absolute atomic E-state index is 0.329. The van der Waals surface area contributed by atoms with Crippen LogP contribution in [0, 0.1) is 6.92 Å². The van der Waals surface area contributed by atoms with Gasteiger partial charge in [0.2, 0.25) is 0 Å². The first-order chi connectivity index (χ1) is 9.24. The molecule has 0 aliphatic carbocycles.